The van der Waals surface area contributed by atoms with Crippen molar-refractivity contribution in [2.45, 2.75) is 12.1 Å². The number of nitrogens with zero attached hydrogens (tertiary/aromatic N) is 4. The largest absolute Gasteiger partial charge is 0.378 e. The smallest absolute Gasteiger partial charge is 0.271 e. The number of non-ortho nitro benzene ring substituents is 1. The van der Waals surface area contributed by atoms with Crippen LogP contribution in [0, 0.1) is 16.0 Å². The molecular weight excluding hydrogens is 484 g/mol. The second-order valence-corrected chi connectivity index (χ2v) is 9.60. The van der Waals surface area contributed by atoms with Crippen molar-refractivity contribution in [2.75, 3.05) is 29.0 Å². The zero-order valence-electron chi connectivity index (χ0n) is 20.7. The van der Waals surface area contributed by atoms with E-state index in [4.69, 9.17) is 4.84 Å². The highest BCUT2D eigenvalue weighted by Crippen LogP contribution is 2.48. The van der Waals surface area contributed by atoms with Gasteiger partial charge < -0.3 is 4.90 Å². The molecule has 2 heterocycles. The molecule has 0 unspecified atom stereocenters. The molecule has 0 spiro atoms. The number of hydrogen-bond acceptors (Lipinski definition) is 7. The monoisotopic (exact) mass is 508 g/mol. The van der Waals surface area contributed by atoms with E-state index in [1.165, 1.54) is 22.1 Å². The van der Waals surface area contributed by atoms with E-state index >= 15 is 0 Å². The summed E-state index contributed by atoms with van der Waals surface area (Å²) in [6.07, 6.45) is -1.07. The number of anilines is 3. The molecule has 0 radical (unpaired) electrons. The highest BCUT2D eigenvalue weighted by atomic mass is 16.7. The molecule has 9 heteroatoms. The lowest BCUT2D eigenvalue weighted by Crippen LogP contribution is -2.37. The summed E-state index contributed by atoms with van der Waals surface area (Å²) in [5.74, 6) is -1.67. The van der Waals surface area contributed by atoms with Crippen LogP contribution in [0.15, 0.2) is 91.0 Å². The van der Waals surface area contributed by atoms with E-state index in [1.54, 1.807) is 18.2 Å². The third kappa shape index (κ3) is 3.67. The third-order valence-electron chi connectivity index (χ3n) is 7.17. The Morgan fingerprint density at radius 1 is 0.868 bits per heavy atom. The number of carbonyl (C=O) groups excluding carboxylic acids is 2. The van der Waals surface area contributed by atoms with Gasteiger partial charge in [0.1, 0.15) is 5.92 Å². The van der Waals surface area contributed by atoms with Crippen LogP contribution in [-0.2, 0) is 14.4 Å². The number of imide groups is 1. The molecule has 4 aromatic carbocycles. The highest BCUT2D eigenvalue weighted by Gasteiger charge is 2.60. The minimum absolute atomic E-state index is 0.111. The van der Waals surface area contributed by atoms with E-state index < -0.39 is 28.9 Å². The average Bonchev–Trinajstić information content (AvgIpc) is 3.44. The summed E-state index contributed by atoms with van der Waals surface area (Å²) >= 11 is 0. The maximum absolute atomic E-state index is 14.0. The van der Waals surface area contributed by atoms with Crippen LogP contribution in [0.3, 0.4) is 0 Å². The number of fused-ring (bicyclic) bond motifs is 2. The van der Waals surface area contributed by atoms with Crippen LogP contribution in [-0.4, -0.2) is 36.9 Å². The molecule has 0 saturated carbocycles. The Bertz CT molecular complexity index is 1580. The Kier molecular flexibility index (Phi) is 5.57. The SMILES string of the molecule is CN(C)c1ccc([C@H]2[C@H]3C(=O)N(c4cccc5ccccc45)C(=O)[C@@H]3ON2c2cccc([N+](=O)[O-])c2)cc1. The number of nitro benzene ring substituents is 1. The molecule has 0 aromatic heterocycles. The minimum atomic E-state index is -1.07. The number of hydrogen-bond donors (Lipinski definition) is 0. The Morgan fingerprint density at radius 3 is 2.32 bits per heavy atom. The fourth-order valence-corrected chi connectivity index (χ4v) is 5.33. The molecule has 190 valence electrons. The number of benzene rings is 4. The first-order valence-electron chi connectivity index (χ1n) is 12.2. The molecule has 38 heavy (non-hydrogen) atoms. The van der Waals surface area contributed by atoms with E-state index in [1.807, 2.05) is 79.7 Å². The van der Waals surface area contributed by atoms with Crippen LogP contribution in [0.5, 0.6) is 0 Å². The van der Waals surface area contributed by atoms with Crippen LogP contribution < -0.4 is 14.9 Å². The molecule has 9 nitrogen and oxygen atoms in total. The van der Waals surface area contributed by atoms with E-state index in [-0.39, 0.29) is 11.6 Å². The second-order valence-electron chi connectivity index (χ2n) is 9.60. The van der Waals surface area contributed by atoms with Gasteiger partial charge in [-0.15, -0.1) is 0 Å². The zero-order valence-corrected chi connectivity index (χ0v) is 20.7. The van der Waals surface area contributed by atoms with Crippen LogP contribution in [0.4, 0.5) is 22.7 Å². The van der Waals surface area contributed by atoms with Gasteiger partial charge in [0.05, 0.1) is 22.3 Å². The van der Waals surface area contributed by atoms with Gasteiger partial charge in [-0.2, -0.15) is 0 Å². The lowest BCUT2D eigenvalue weighted by Gasteiger charge is -2.29. The molecule has 2 fully saturated rings. The first-order valence-corrected chi connectivity index (χ1v) is 12.2. The van der Waals surface area contributed by atoms with Gasteiger partial charge in [0, 0.05) is 37.3 Å². The van der Waals surface area contributed by atoms with Gasteiger partial charge in [-0.25, -0.2) is 9.96 Å². The summed E-state index contributed by atoms with van der Waals surface area (Å²) in [5.41, 5.74) is 2.53. The summed E-state index contributed by atoms with van der Waals surface area (Å²) in [6, 6.07) is 26.1. The van der Waals surface area contributed by atoms with Gasteiger partial charge in [0.25, 0.3) is 11.6 Å². The van der Waals surface area contributed by atoms with Gasteiger partial charge >= 0.3 is 0 Å². The Morgan fingerprint density at radius 2 is 1.58 bits per heavy atom. The predicted octanol–water partition coefficient (Wildman–Crippen LogP) is 4.87. The molecule has 0 N–H and O–H groups in total. The quantitative estimate of drug-likeness (QED) is 0.216. The number of hydroxylamine groups is 1. The van der Waals surface area contributed by atoms with Crippen molar-refractivity contribution in [3.63, 3.8) is 0 Å². The van der Waals surface area contributed by atoms with Crippen LogP contribution >= 0.6 is 0 Å². The van der Waals surface area contributed by atoms with Crippen LogP contribution in [0.1, 0.15) is 11.6 Å². The van der Waals surface area contributed by atoms with Crippen molar-refractivity contribution in [2.24, 2.45) is 5.92 Å². The van der Waals surface area contributed by atoms with Crippen molar-refractivity contribution >= 4 is 45.3 Å². The van der Waals surface area contributed by atoms with Gasteiger partial charge in [0.15, 0.2) is 6.10 Å². The summed E-state index contributed by atoms with van der Waals surface area (Å²) in [7, 11) is 3.86. The molecular formula is C29H24N4O5. The lowest BCUT2D eigenvalue weighted by atomic mass is 9.90. The summed E-state index contributed by atoms with van der Waals surface area (Å²) in [6.45, 7) is 0. The molecule has 2 aliphatic heterocycles. The van der Waals surface area contributed by atoms with Crippen molar-refractivity contribution in [1.82, 2.24) is 0 Å². The van der Waals surface area contributed by atoms with Crippen LogP contribution in [0.25, 0.3) is 10.8 Å². The normalized spacial score (nSPS) is 20.7. The molecule has 0 bridgehead atoms. The maximum atomic E-state index is 14.0. The maximum Gasteiger partial charge on any atom is 0.271 e. The number of nitro groups is 1. The Labute approximate surface area is 218 Å². The minimum Gasteiger partial charge on any atom is -0.378 e. The Balaban J connectivity index is 1.46. The number of amides is 2. The van der Waals surface area contributed by atoms with E-state index in [0.717, 1.165) is 22.0 Å². The first-order chi connectivity index (χ1) is 18.3. The third-order valence-corrected chi connectivity index (χ3v) is 7.17. The summed E-state index contributed by atoms with van der Waals surface area (Å²) < 4.78 is 0. The molecule has 2 aliphatic rings. The van der Waals surface area contributed by atoms with Crippen molar-refractivity contribution < 1.29 is 19.3 Å². The summed E-state index contributed by atoms with van der Waals surface area (Å²) in [4.78, 5) is 48.1. The van der Waals surface area contributed by atoms with E-state index in [0.29, 0.717) is 11.4 Å². The number of carbonyl (C=O) groups is 2. The summed E-state index contributed by atoms with van der Waals surface area (Å²) in [5, 5.41) is 14.6. The van der Waals surface area contributed by atoms with Gasteiger partial charge in [-0.1, -0.05) is 54.6 Å². The molecule has 2 amide bonds. The molecule has 3 atom stereocenters. The van der Waals surface area contributed by atoms with Gasteiger partial charge in [-0.3, -0.25) is 24.5 Å². The standard InChI is InChI=1S/C29H24N4O5/c1-30(2)20-15-13-19(14-16-20)26-25-27(38-32(26)21-9-6-10-22(17-21)33(36)37)29(35)31(28(25)34)24-12-5-8-18-7-3-4-11-23(18)24/h3-17,25-27H,1-2H3/t25-,26+,27-/m1/s1. The number of rotatable bonds is 5. The molecule has 6 rings (SSSR count). The average molecular weight is 509 g/mol. The fourth-order valence-electron chi connectivity index (χ4n) is 5.33. The van der Waals surface area contributed by atoms with Gasteiger partial charge in [-0.05, 0) is 35.2 Å². The lowest BCUT2D eigenvalue weighted by molar-refractivity contribution is -0.384. The predicted molar refractivity (Wildman–Crippen MR) is 144 cm³/mol. The Hall–Kier alpha value is -4.76. The van der Waals surface area contributed by atoms with Crippen molar-refractivity contribution in [1.29, 1.82) is 0 Å². The zero-order chi connectivity index (χ0) is 26.6. The highest BCUT2D eigenvalue weighted by molar-refractivity contribution is 6.26. The van der Waals surface area contributed by atoms with Gasteiger partial charge in [0.2, 0.25) is 5.91 Å². The van der Waals surface area contributed by atoms with E-state index in [9.17, 15) is 19.7 Å². The van der Waals surface area contributed by atoms with Crippen molar-refractivity contribution in [3.8, 4) is 0 Å². The van der Waals surface area contributed by atoms with E-state index in [2.05, 4.69) is 0 Å². The topological polar surface area (TPSA) is 96.2 Å². The first kappa shape index (κ1) is 23.6. The van der Waals surface area contributed by atoms with Crippen LogP contribution in [0.2, 0.25) is 0 Å². The van der Waals surface area contributed by atoms with Crippen molar-refractivity contribution in [3.05, 3.63) is 107 Å². The molecule has 4 aromatic rings. The second kappa shape index (κ2) is 8.97. The molecule has 0 aliphatic carbocycles. The molecule has 2 saturated heterocycles. The fraction of sp³-hybridized carbons (Fsp3) is 0.172.